The van der Waals surface area contributed by atoms with Crippen LogP contribution in [0.2, 0.25) is 0 Å². The molecule has 3 rings (SSSR count). The Balaban J connectivity index is 0.000000196. The first-order chi connectivity index (χ1) is 11.9. The number of rotatable bonds is 4. The smallest absolute Gasteiger partial charge is 0.211 e. The summed E-state index contributed by atoms with van der Waals surface area (Å²) in [6.45, 7) is 2.00. The van der Waals surface area contributed by atoms with Crippen molar-refractivity contribution in [3.8, 4) is 0 Å². The Bertz CT molecular complexity index is 866. The normalized spacial score (nSPS) is 12.6. The van der Waals surface area contributed by atoms with Crippen molar-refractivity contribution < 1.29 is 13.2 Å². The maximum Gasteiger partial charge on any atom is 0.211 e. The van der Waals surface area contributed by atoms with Gasteiger partial charge in [-0.1, -0.05) is 29.8 Å². The molecule has 0 spiro atoms. The number of hydrogen-bond donors (Lipinski definition) is 2. The molecule has 5 nitrogen and oxygen atoms in total. The minimum absolute atomic E-state index is 0.484. The van der Waals surface area contributed by atoms with E-state index in [1.54, 1.807) is 0 Å². The molecule has 1 amide bonds. The van der Waals surface area contributed by atoms with E-state index in [2.05, 4.69) is 10.6 Å². The highest BCUT2D eigenvalue weighted by Gasteiger charge is 2.23. The van der Waals surface area contributed by atoms with Crippen LogP contribution in [-0.2, 0) is 21.1 Å². The molecule has 0 aliphatic heterocycles. The van der Waals surface area contributed by atoms with Crippen LogP contribution in [0.4, 0.5) is 10.7 Å². The van der Waals surface area contributed by atoms with Gasteiger partial charge in [0.05, 0.1) is 5.00 Å². The van der Waals surface area contributed by atoms with Crippen LogP contribution < -0.4 is 10.6 Å². The summed E-state index contributed by atoms with van der Waals surface area (Å²) in [5.74, 6) is 0. The standard InChI is InChI=1S/C10H13NO2S2.C8H9NO/c1-11-9-7-5-3-4-6-8(7)10(14-9)15(2,12)13;1-7-2-4-8(5-3-7)9-6-10/h4,6,11H,3,5H2,1-2H3;2-6H,1H3,(H,9,10). The lowest BCUT2D eigenvalue weighted by atomic mass is 10.0. The number of fused-ring (bicyclic) bond motifs is 1. The van der Waals surface area contributed by atoms with Crippen LogP contribution in [0.5, 0.6) is 0 Å². The van der Waals surface area contributed by atoms with E-state index in [1.165, 1.54) is 23.2 Å². The van der Waals surface area contributed by atoms with Crippen LogP contribution in [0.25, 0.3) is 6.08 Å². The van der Waals surface area contributed by atoms with E-state index in [-0.39, 0.29) is 0 Å². The van der Waals surface area contributed by atoms with Crippen LogP contribution in [0.1, 0.15) is 23.1 Å². The molecule has 1 heterocycles. The van der Waals surface area contributed by atoms with E-state index in [0.717, 1.165) is 34.7 Å². The van der Waals surface area contributed by atoms with Crippen molar-refractivity contribution in [2.24, 2.45) is 0 Å². The Labute approximate surface area is 152 Å². The van der Waals surface area contributed by atoms with Crippen LogP contribution in [0.3, 0.4) is 0 Å². The fraction of sp³-hybridized carbons (Fsp3) is 0.278. The Kier molecular flexibility index (Phi) is 6.39. The molecule has 7 heteroatoms. The molecule has 0 saturated carbocycles. The molecule has 1 aliphatic rings. The molecule has 0 fully saturated rings. The first-order valence-corrected chi connectivity index (χ1v) is 10.5. The molecule has 0 radical (unpaired) electrons. The molecule has 25 heavy (non-hydrogen) atoms. The highest BCUT2D eigenvalue weighted by atomic mass is 32.2. The monoisotopic (exact) mass is 378 g/mol. The number of anilines is 2. The third-order valence-electron chi connectivity index (χ3n) is 3.70. The molecule has 0 saturated heterocycles. The fourth-order valence-corrected chi connectivity index (χ4v) is 4.87. The van der Waals surface area contributed by atoms with Gasteiger partial charge in [0, 0.05) is 24.6 Å². The number of aryl methyl sites for hydroxylation is 1. The van der Waals surface area contributed by atoms with E-state index in [0.29, 0.717) is 10.6 Å². The lowest BCUT2D eigenvalue weighted by molar-refractivity contribution is -0.105. The van der Waals surface area contributed by atoms with Crippen LogP contribution in [0.15, 0.2) is 34.6 Å². The molecule has 0 atom stereocenters. The summed E-state index contributed by atoms with van der Waals surface area (Å²) in [6, 6.07) is 7.63. The summed E-state index contributed by atoms with van der Waals surface area (Å²) in [4.78, 5) is 9.95. The maximum atomic E-state index is 11.6. The van der Waals surface area contributed by atoms with Crippen molar-refractivity contribution in [2.75, 3.05) is 23.9 Å². The predicted octanol–water partition coefficient (Wildman–Crippen LogP) is 3.72. The van der Waals surface area contributed by atoms with Gasteiger partial charge in [0.15, 0.2) is 9.84 Å². The molecular weight excluding hydrogens is 356 g/mol. The van der Waals surface area contributed by atoms with Gasteiger partial charge in [0.2, 0.25) is 6.41 Å². The summed E-state index contributed by atoms with van der Waals surface area (Å²) >= 11 is 1.33. The second kappa shape index (κ2) is 8.31. The largest absolute Gasteiger partial charge is 0.380 e. The molecule has 2 N–H and O–H groups in total. The Morgan fingerprint density at radius 3 is 2.44 bits per heavy atom. The van der Waals surface area contributed by atoms with E-state index in [4.69, 9.17) is 0 Å². The third-order valence-corrected chi connectivity index (χ3v) is 6.81. The first-order valence-electron chi connectivity index (χ1n) is 7.83. The molecule has 0 unspecified atom stereocenters. The van der Waals surface area contributed by atoms with Crippen molar-refractivity contribution >= 4 is 44.3 Å². The highest BCUT2D eigenvalue weighted by molar-refractivity contribution is 7.93. The van der Waals surface area contributed by atoms with Gasteiger partial charge in [-0.05, 0) is 37.5 Å². The minimum atomic E-state index is -3.11. The lowest BCUT2D eigenvalue weighted by Gasteiger charge is -2.07. The van der Waals surface area contributed by atoms with Gasteiger partial charge < -0.3 is 10.6 Å². The highest BCUT2D eigenvalue weighted by Crippen LogP contribution is 2.39. The average Bonchev–Trinajstić information content (AvgIpc) is 2.97. The molecule has 1 aliphatic carbocycles. The second-order valence-electron chi connectivity index (χ2n) is 5.70. The van der Waals surface area contributed by atoms with Gasteiger partial charge in [-0.2, -0.15) is 0 Å². The number of carbonyl (C=O) groups is 1. The molecule has 1 aromatic heterocycles. The zero-order valence-electron chi connectivity index (χ0n) is 14.5. The Hall–Kier alpha value is -2.12. The van der Waals surface area contributed by atoms with E-state index in [9.17, 15) is 13.2 Å². The molecule has 2 aromatic rings. The SMILES string of the molecule is CNc1sc(S(C)(=O)=O)c2c1CCC=C2.Cc1ccc(NC=O)cc1. The summed E-state index contributed by atoms with van der Waals surface area (Å²) in [5.41, 5.74) is 4.06. The topological polar surface area (TPSA) is 75.3 Å². The number of sulfone groups is 1. The summed E-state index contributed by atoms with van der Waals surface area (Å²) in [7, 11) is -1.28. The van der Waals surface area contributed by atoms with Gasteiger partial charge >= 0.3 is 0 Å². The second-order valence-corrected chi connectivity index (χ2v) is 8.93. The summed E-state index contributed by atoms with van der Waals surface area (Å²) < 4.78 is 23.6. The maximum absolute atomic E-state index is 11.6. The number of amides is 1. The van der Waals surface area contributed by atoms with Gasteiger partial charge in [0.25, 0.3) is 0 Å². The third kappa shape index (κ3) is 4.93. The predicted molar refractivity (Wildman–Crippen MR) is 105 cm³/mol. The average molecular weight is 379 g/mol. The zero-order valence-corrected chi connectivity index (χ0v) is 16.1. The van der Waals surface area contributed by atoms with Gasteiger partial charge in [0.1, 0.15) is 4.21 Å². The van der Waals surface area contributed by atoms with Gasteiger partial charge in [-0.25, -0.2) is 8.42 Å². The number of thiophene rings is 1. The lowest BCUT2D eigenvalue weighted by Crippen LogP contribution is -1.99. The summed E-state index contributed by atoms with van der Waals surface area (Å²) in [5, 5.41) is 6.60. The minimum Gasteiger partial charge on any atom is -0.380 e. The van der Waals surface area contributed by atoms with Crippen molar-refractivity contribution in [3.63, 3.8) is 0 Å². The summed E-state index contributed by atoms with van der Waals surface area (Å²) in [6.07, 6.45) is 7.80. The molecular formula is C18H22N2O3S2. The van der Waals surface area contributed by atoms with Gasteiger partial charge in [-0.15, -0.1) is 11.3 Å². The first kappa shape index (κ1) is 19.2. The number of carbonyl (C=O) groups excluding carboxylic acids is 1. The van der Waals surface area contributed by atoms with Crippen molar-refractivity contribution in [1.82, 2.24) is 0 Å². The number of nitrogens with one attached hydrogen (secondary N) is 2. The number of hydrogen-bond acceptors (Lipinski definition) is 5. The number of benzene rings is 1. The quantitative estimate of drug-likeness (QED) is 0.795. The van der Waals surface area contributed by atoms with Crippen LogP contribution in [0, 0.1) is 6.92 Å². The Morgan fingerprint density at radius 1 is 1.20 bits per heavy atom. The zero-order chi connectivity index (χ0) is 18.4. The number of allylic oxidation sites excluding steroid dienone is 1. The Morgan fingerprint density at radius 2 is 1.88 bits per heavy atom. The van der Waals surface area contributed by atoms with E-state index >= 15 is 0 Å². The molecule has 134 valence electrons. The molecule has 1 aromatic carbocycles. The fourth-order valence-electron chi connectivity index (χ4n) is 2.50. The van der Waals surface area contributed by atoms with Gasteiger partial charge in [-0.3, -0.25) is 4.79 Å². The van der Waals surface area contributed by atoms with Crippen molar-refractivity contribution in [2.45, 2.75) is 24.0 Å². The van der Waals surface area contributed by atoms with Crippen molar-refractivity contribution in [1.29, 1.82) is 0 Å². The molecule has 0 bridgehead atoms. The van der Waals surface area contributed by atoms with E-state index in [1.807, 2.05) is 50.4 Å². The van der Waals surface area contributed by atoms with Crippen LogP contribution >= 0.6 is 11.3 Å². The van der Waals surface area contributed by atoms with E-state index < -0.39 is 9.84 Å². The van der Waals surface area contributed by atoms with Crippen molar-refractivity contribution in [3.05, 3.63) is 47.0 Å². The van der Waals surface area contributed by atoms with Crippen LogP contribution in [-0.4, -0.2) is 28.1 Å².